The van der Waals surface area contributed by atoms with Crippen LogP contribution in [-0.4, -0.2) is 26.3 Å². The van der Waals surface area contributed by atoms with Crippen LogP contribution in [-0.2, 0) is 6.54 Å². The number of hydrogen-bond donors (Lipinski definition) is 2. The number of rotatable bonds is 2. The van der Waals surface area contributed by atoms with Crippen LogP contribution in [0.4, 0.5) is 0 Å². The zero-order valence-electron chi connectivity index (χ0n) is 11.4. The summed E-state index contributed by atoms with van der Waals surface area (Å²) in [5.74, 6) is 2.35. The molecule has 1 saturated carbocycles. The lowest BCUT2D eigenvalue weighted by Crippen LogP contribution is -2.35. The molecule has 20 heavy (non-hydrogen) atoms. The number of nitrogens with zero attached hydrogens (tertiary/aromatic N) is 3. The largest absolute Gasteiger partial charge is 0.364 e. The smallest absolute Gasteiger partial charge is 0.192 e. The number of aromatic amines is 1. The first-order valence-corrected chi connectivity index (χ1v) is 7.10. The van der Waals surface area contributed by atoms with Gasteiger partial charge in [-0.3, -0.25) is 4.79 Å². The summed E-state index contributed by atoms with van der Waals surface area (Å²) >= 11 is 0. The second-order valence-electron chi connectivity index (χ2n) is 5.70. The van der Waals surface area contributed by atoms with Gasteiger partial charge in [0, 0.05) is 31.0 Å². The molecule has 104 valence electrons. The Bertz CT molecular complexity index is 713. The third-order valence-electron chi connectivity index (χ3n) is 4.15. The minimum absolute atomic E-state index is 0.00189. The van der Waals surface area contributed by atoms with Crippen molar-refractivity contribution in [1.82, 2.24) is 25.1 Å². The molecule has 1 unspecified atom stereocenters. The van der Waals surface area contributed by atoms with Crippen LogP contribution < -0.4 is 10.7 Å². The van der Waals surface area contributed by atoms with Gasteiger partial charge in [0.15, 0.2) is 17.1 Å². The van der Waals surface area contributed by atoms with Crippen molar-refractivity contribution in [1.29, 1.82) is 0 Å². The summed E-state index contributed by atoms with van der Waals surface area (Å²) in [5.41, 5.74) is 1.46. The maximum absolute atomic E-state index is 12.1. The van der Waals surface area contributed by atoms with Crippen LogP contribution in [0.1, 0.15) is 30.4 Å². The van der Waals surface area contributed by atoms with Crippen LogP contribution >= 0.6 is 0 Å². The minimum Gasteiger partial charge on any atom is -0.364 e. The molecule has 2 aromatic heterocycles. The maximum Gasteiger partial charge on any atom is 0.192 e. The van der Waals surface area contributed by atoms with Gasteiger partial charge >= 0.3 is 0 Å². The van der Waals surface area contributed by atoms with Crippen molar-refractivity contribution in [3.8, 4) is 11.4 Å². The molecule has 1 aliphatic heterocycles. The molecular weight excluding hydrogens is 254 g/mol. The molecule has 0 saturated heterocycles. The maximum atomic E-state index is 12.1. The number of fused-ring (bicyclic) bond motifs is 1. The first-order chi connectivity index (χ1) is 9.74. The summed E-state index contributed by atoms with van der Waals surface area (Å²) in [6.45, 7) is 3.59. The van der Waals surface area contributed by atoms with Crippen LogP contribution in [0.15, 0.2) is 17.1 Å². The predicted octanol–water partition coefficient (Wildman–Crippen LogP) is 0.996. The average molecular weight is 271 g/mol. The molecule has 0 amide bonds. The van der Waals surface area contributed by atoms with Crippen molar-refractivity contribution in [2.24, 2.45) is 5.92 Å². The average Bonchev–Trinajstić information content (AvgIpc) is 3.19. The molecule has 0 radical (unpaired) electrons. The van der Waals surface area contributed by atoms with Crippen LogP contribution in [0.25, 0.3) is 11.4 Å². The minimum atomic E-state index is -0.00189. The summed E-state index contributed by atoms with van der Waals surface area (Å²) in [7, 11) is 0. The van der Waals surface area contributed by atoms with Crippen molar-refractivity contribution in [3.05, 3.63) is 34.0 Å². The van der Waals surface area contributed by atoms with Crippen LogP contribution in [0.2, 0.25) is 0 Å². The van der Waals surface area contributed by atoms with Crippen molar-refractivity contribution >= 4 is 0 Å². The van der Waals surface area contributed by atoms with E-state index in [0.717, 1.165) is 24.6 Å². The number of aryl methyl sites for hydroxylation is 1. The van der Waals surface area contributed by atoms with Gasteiger partial charge in [-0.05, 0) is 25.7 Å². The first-order valence-electron chi connectivity index (χ1n) is 7.10. The van der Waals surface area contributed by atoms with Crippen LogP contribution in [0, 0.1) is 12.8 Å². The number of pyridine rings is 1. The number of aromatic nitrogens is 4. The summed E-state index contributed by atoms with van der Waals surface area (Å²) < 4.78 is 2.10. The zero-order chi connectivity index (χ0) is 13.7. The zero-order valence-corrected chi connectivity index (χ0v) is 11.4. The summed E-state index contributed by atoms with van der Waals surface area (Å²) in [6, 6.07) is 1.91. The standard InChI is InChI=1S/C14H17N5O/c1-8-6-11(20)10(7-16-8)13-17-18-14-12(9-2-3-9)15-4-5-19(13)14/h6-7,9,12,15H,2-5H2,1H3,(H,16,20). The Kier molecular flexibility index (Phi) is 2.53. The van der Waals surface area contributed by atoms with Gasteiger partial charge in [-0.1, -0.05) is 0 Å². The van der Waals surface area contributed by atoms with Crippen molar-refractivity contribution in [2.45, 2.75) is 32.4 Å². The Morgan fingerprint density at radius 1 is 1.35 bits per heavy atom. The van der Waals surface area contributed by atoms with Crippen molar-refractivity contribution in [3.63, 3.8) is 0 Å². The van der Waals surface area contributed by atoms with Gasteiger partial charge < -0.3 is 14.9 Å². The fraction of sp³-hybridized carbons (Fsp3) is 0.500. The molecule has 6 heteroatoms. The van der Waals surface area contributed by atoms with Gasteiger partial charge in [-0.25, -0.2) is 0 Å². The monoisotopic (exact) mass is 271 g/mol. The fourth-order valence-electron chi connectivity index (χ4n) is 2.94. The lowest BCUT2D eigenvalue weighted by molar-refractivity contribution is 0.383. The third-order valence-corrected chi connectivity index (χ3v) is 4.15. The van der Waals surface area contributed by atoms with E-state index in [-0.39, 0.29) is 5.43 Å². The summed E-state index contributed by atoms with van der Waals surface area (Å²) in [6.07, 6.45) is 4.25. The van der Waals surface area contributed by atoms with Gasteiger partial charge in [0.1, 0.15) is 0 Å². The highest BCUT2D eigenvalue weighted by Crippen LogP contribution is 2.41. The molecule has 2 aromatic rings. The van der Waals surface area contributed by atoms with E-state index in [0.29, 0.717) is 23.3 Å². The third kappa shape index (κ3) is 1.79. The topological polar surface area (TPSA) is 75.6 Å². The Morgan fingerprint density at radius 2 is 2.20 bits per heavy atom. The number of hydrogen-bond acceptors (Lipinski definition) is 4. The quantitative estimate of drug-likeness (QED) is 0.854. The molecule has 0 aromatic carbocycles. The van der Waals surface area contributed by atoms with E-state index >= 15 is 0 Å². The van der Waals surface area contributed by atoms with E-state index in [1.54, 1.807) is 12.3 Å². The fourth-order valence-corrected chi connectivity index (χ4v) is 2.94. The molecule has 6 nitrogen and oxygen atoms in total. The molecule has 0 spiro atoms. The highest BCUT2D eigenvalue weighted by molar-refractivity contribution is 5.54. The summed E-state index contributed by atoms with van der Waals surface area (Å²) in [4.78, 5) is 15.2. The van der Waals surface area contributed by atoms with E-state index in [1.807, 2.05) is 6.92 Å². The highest BCUT2D eigenvalue weighted by Gasteiger charge is 2.37. The molecule has 2 aliphatic rings. The molecule has 3 heterocycles. The van der Waals surface area contributed by atoms with Gasteiger partial charge in [0.2, 0.25) is 0 Å². The van der Waals surface area contributed by atoms with Crippen molar-refractivity contribution < 1.29 is 0 Å². The molecule has 4 rings (SSSR count). The summed E-state index contributed by atoms with van der Waals surface area (Å²) in [5, 5.41) is 12.1. The molecule has 1 atom stereocenters. The van der Waals surface area contributed by atoms with Crippen LogP contribution in [0.3, 0.4) is 0 Å². The Morgan fingerprint density at radius 3 is 2.95 bits per heavy atom. The number of nitrogens with one attached hydrogen (secondary N) is 2. The normalized spacial score (nSPS) is 21.8. The Labute approximate surface area is 116 Å². The van der Waals surface area contributed by atoms with E-state index in [4.69, 9.17) is 0 Å². The van der Waals surface area contributed by atoms with Crippen molar-refractivity contribution in [2.75, 3.05) is 6.54 Å². The second-order valence-corrected chi connectivity index (χ2v) is 5.70. The molecule has 1 aliphatic carbocycles. The molecule has 0 bridgehead atoms. The van der Waals surface area contributed by atoms with Crippen LogP contribution in [0.5, 0.6) is 0 Å². The van der Waals surface area contributed by atoms with E-state index < -0.39 is 0 Å². The van der Waals surface area contributed by atoms with Gasteiger partial charge in [-0.15, -0.1) is 10.2 Å². The first kappa shape index (κ1) is 11.8. The predicted molar refractivity (Wildman–Crippen MR) is 74.3 cm³/mol. The highest BCUT2D eigenvalue weighted by atomic mass is 16.1. The van der Waals surface area contributed by atoms with E-state index in [1.165, 1.54) is 12.8 Å². The van der Waals surface area contributed by atoms with Gasteiger partial charge in [0.25, 0.3) is 0 Å². The van der Waals surface area contributed by atoms with Gasteiger partial charge in [0.05, 0.1) is 11.6 Å². The molecule has 1 fully saturated rings. The Hall–Kier alpha value is -1.95. The SMILES string of the molecule is Cc1cc(=O)c(-c2nnc3n2CCNC3C2CC2)c[nH]1. The van der Waals surface area contributed by atoms with E-state index in [2.05, 4.69) is 25.1 Å². The lowest BCUT2D eigenvalue weighted by atomic mass is 10.1. The Balaban J connectivity index is 1.82. The molecular formula is C14H17N5O. The lowest BCUT2D eigenvalue weighted by Gasteiger charge is -2.24. The second kappa shape index (κ2) is 4.28. The van der Waals surface area contributed by atoms with Gasteiger partial charge in [-0.2, -0.15) is 0 Å². The molecule has 2 N–H and O–H groups in total. The van der Waals surface area contributed by atoms with E-state index in [9.17, 15) is 4.79 Å². The number of H-pyrrole nitrogens is 1.